The lowest BCUT2D eigenvalue weighted by Crippen LogP contribution is -2.13. The fourth-order valence-corrected chi connectivity index (χ4v) is 1.19. The van der Waals surface area contributed by atoms with Gasteiger partial charge in [0.15, 0.2) is 5.84 Å². The van der Waals surface area contributed by atoms with Gasteiger partial charge in [0.2, 0.25) is 0 Å². The third kappa shape index (κ3) is 2.49. The van der Waals surface area contributed by atoms with Crippen LogP contribution in [0.25, 0.3) is 0 Å². The summed E-state index contributed by atoms with van der Waals surface area (Å²) in [6, 6.07) is 8.01. The first-order chi connectivity index (χ1) is 6.65. The number of rotatable bonds is 3. The van der Waals surface area contributed by atoms with Gasteiger partial charge in [0.25, 0.3) is 0 Å². The molecule has 0 fully saturated rings. The van der Waals surface area contributed by atoms with Crippen LogP contribution in [0.1, 0.15) is 30.9 Å². The average molecular weight is 192 g/mol. The Morgan fingerprint density at radius 1 is 1.29 bits per heavy atom. The molecule has 0 aliphatic rings. The number of hydrogen-bond acceptors (Lipinski definition) is 2. The highest BCUT2D eigenvalue weighted by Crippen LogP contribution is 2.14. The zero-order valence-corrected chi connectivity index (χ0v) is 8.82. The summed E-state index contributed by atoms with van der Waals surface area (Å²) in [6.45, 7) is 4.31. The third-order valence-electron chi connectivity index (χ3n) is 2.06. The number of oxime groups is 1. The van der Waals surface area contributed by atoms with Crippen LogP contribution in [0.4, 0.5) is 0 Å². The van der Waals surface area contributed by atoms with Crippen molar-refractivity contribution in [2.45, 2.75) is 19.8 Å². The van der Waals surface area contributed by atoms with Crippen molar-refractivity contribution in [1.29, 1.82) is 0 Å². The predicted molar refractivity (Wildman–Crippen MR) is 58.3 cm³/mol. The first-order valence-corrected chi connectivity index (χ1v) is 4.62. The maximum absolute atomic E-state index is 5.66. The first-order valence-electron chi connectivity index (χ1n) is 4.62. The van der Waals surface area contributed by atoms with Gasteiger partial charge in [-0.15, -0.1) is 0 Å². The summed E-state index contributed by atoms with van der Waals surface area (Å²) >= 11 is 0. The van der Waals surface area contributed by atoms with Gasteiger partial charge in [0.1, 0.15) is 7.11 Å². The molecular formula is C11H16N2O. The Morgan fingerprint density at radius 3 is 2.29 bits per heavy atom. The topological polar surface area (TPSA) is 47.6 Å². The second-order valence-corrected chi connectivity index (χ2v) is 3.44. The SMILES string of the molecule is CO/N=C(\N)c1ccc(C(C)C)cc1. The third-order valence-corrected chi connectivity index (χ3v) is 2.06. The number of nitrogens with zero attached hydrogens (tertiary/aromatic N) is 1. The smallest absolute Gasteiger partial charge is 0.170 e. The molecule has 14 heavy (non-hydrogen) atoms. The molecule has 1 aromatic carbocycles. The van der Waals surface area contributed by atoms with Gasteiger partial charge < -0.3 is 10.6 Å². The molecule has 0 aromatic heterocycles. The number of hydrogen-bond donors (Lipinski definition) is 1. The summed E-state index contributed by atoms with van der Waals surface area (Å²) in [5.74, 6) is 0.937. The Hall–Kier alpha value is -1.51. The van der Waals surface area contributed by atoms with E-state index < -0.39 is 0 Å². The monoisotopic (exact) mass is 192 g/mol. The van der Waals surface area contributed by atoms with E-state index in [-0.39, 0.29) is 0 Å². The highest BCUT2D eigenvalue weighted by molar-refractivity contribution is 5.97. The highest BCUT2D eigenvalue weighted by Gasteiger charge is 2.01. The van der Waals surface area contributed by atoms with Crippen molar-refractivity contribution in [3.05, 3.63) is 35.4 Å². The number of benzene rings is 1. The second-order valence-electron chi connectivity index (χ2n) is 3.44. The van der Waals surface area contributed by atoms with Crippen LogP contribution in [0.3, 0.4) is 0 Å². The summed E-state index contributed by atoms with van der Waals surface area (Å²) < 4.78 is 0. The predicted octanol–water partition coefficient (Wildman–Crippen LogP) is 2.08. The number of amidine groups is 1. The van der Waals surface area contributed by atoms with E-state index in [1.54, 1.807) is 0 Å². The molecule has 0 spiro atoms. The minimum Gasteiger partial charge on any atom is -0.397 e. The minimum atomic E-state index is 0.405. The fourth-order valence-electron chi connectivity index (χ4n) is 1.19. The molecule has 3 nitrogen and oxygen atoms in total. The van der Waals surface area contributed by atoms with Crippen molar-refractivity contribution in [2.24, 2.45) is 10.9 Å². The first kappa shape index (κ1) is 10.6. The maximum atomic E-state index is 5.66. The van der Waals surface area contributed by atoms with Crippen LogP contribution in [0, 0.1) is 0 Å². The van der Waals surface area contributed by atoms with Gasteiger partial charge >= 0.3 is 0 Å². The van der Waals surface area contributed by atoms with Crippen LogP contribution in [0.5, 0.6) is 0 Å². The van der Waals surface area contributed by atoms with Crippen molar-refractivity contribution in [3.63, 3.8) is 0 Å². The molecule has 0 saturated carbocycles. The molecular weight excluding hydrogens is 176 g/mol. The van der Waals surface area contributed by atoms with E-state index >= 15 is 0 Å². The number of nitrogens with two attached hydrogens (primary N) is 1. The van der Waals surface area contributed by atoms with E-state index in [4.69, 9.17) is 5.73 Å². The lowest BCUT2D eigenvalue weighted by atomic mass is 10.0. The minimum absolute atomic E-state index is 0.405. The van der Waals surface area contributed by atoms with Gasteiger partial charge in [-0.25, -0.2) is 0 Å². The van der Waals surface area contributed by atoms with Crippen molar-refractivity contribution in [2.75, 3.05) is 7.11 Å². The molecule has 0 radical (unpaired) electrons. The summed E-state index contributed by atoms with van der Waals surface area (Å²) in [6.07, 6.45) is 0. The van der Waals surface area contributed by atoms with Crippen LogP contribution < -0.4 is 5.73 Å². The summed E-state index contributed by atoms with van der Waals surface area (Å²) in [7, 11) is 1.48. The van der Waals surface area contributed by atoms with Gasteiger partial charge in [-0.2, -0.15) is 0 Å². The fraction of sp³-hybridized carbons (Fsp3) is 0.364. The Morgan fingerprint density at radius 2 is 1.86 bits per heavy atom. The summed E-state index contributed by atoms with van der Waals surface area (Å²) in [5.41, 5.74) is 7.83. The maximum Gasteiger partial charge on any atom is 0.170 e. The van der Waals surface area contributed by atoms with Crippen LogP contribution in [0.2, 0.25) is 0 Å². The van der Waals surface area contributed by atoms with Crippen LogP contribution >= 0.6 is 0 Å². The van der Waals surface area contributed by atoms with E-state index in [1.807, 2.05) is 12.1 Å². The van der Waals surface area contributed by atoms with Crippen molar-refractivity contribution < 1.29 is 4.84 Å². The molecule has 1 aromatic rings. The van der Waals surface area contributed by atoms with E-state index in [0.29, 0.717) is 11.8 Å². The van der Waals surface area contributed by atoms with Gasteiger partial charge in [0.05, 0.1) is 0 Å². The van der Waals surface area contributed by atoms with Crippen molar-refractivity contribution in [3.8, 4) is 0 Å². The van der Waals surface area contributed by atoms with Gasteiger partial charge in [-0.05, 0) is 11.5 Å². The van der Waals surface area contributed by atoms with E-state index in [0.717, 1.165) is 5.56 Å². The molecule has 0 saturated heterocycles. The highest BCUT2D eigenvalue weighted by atomic mass is 16.6. The van der Waals surface area contributed by atoms with Crippen molar-refractivity contribution in [1.82, 2.24) is 0 Å². The molecule has 1 rings (SSSR count). The molecule has 0 amide bonds. The standard InChI is InChI=1S/C11H16N2O/c1-8(2)9-4-6-10(7-5-9)11(12)13-14-3/h4-8H,1-3H3,(H2,12,13). The zero-order chi connectivity index (χ0) is 10.6. The molecule has 0 heterocycles. The lowest BCUT2D eigenvalue weighted by molar-refractivity contribution is 0.213. The van der Waals surface area contributed by atoms with Gasteiger partial charge in [0, 0.05) is 5.56 Å². The zero-order valence-electron chi connectivity index (χ0n) is 8.82. The Bertz CT molecular complexity index is 315. The van der Waals surface area contributed by atoms with E-state index in [9.17, 15) is 0 Å². The Labute approximate surface area is 84.6 Å². The summed E-state index contributed by atoms with van der Waals surface area (Å²) in [4.78, 5) is 4.60. The lowest BCUT2D eigenvalue weighted by Gasteiger charge is -2.05. The van der Waals surface area contributed by atoms with Crippen molar-refractivity contribution >= 4 is 5.84 Å². The normalized spacial score (nSPS) is 11.9. The molecule has 0 aliphatic carbocycles. The molecule has 0 atom stereocenters. The van der Waals surface area contributed by atoms with Gasteiger partial charge in [-0.3, -0.25) is 0 Å². The molecule has 0 bridgehead atoms. The average Bonchev–Trinajstić information content (AvgIpc) is 2.18. The second kappa shape index (κ2) is 4.65. The summed E-state index contributed by atoms with van der Waals surface area (Å²) in [5, 5.41) is 3.66. The molecule has 0 unspecified atom stereocenters. The van der Waals surface area contributed by atoms with E-state index in [2.05, 4.69) is 36.0 Å². The molecule has 3 heteroatoms. The Balaban J connectivity index is 2.88. The molecule has 76 valence electrons. The quantitative estimate of drug-likeness (QED) is 0.453. The van der Waals surface area contributed by atoms with Crippen LogP contribution in [-0.2, 0) is 4.84 Å². The van der Waals surface area contributed by atoms with E-state index in [1.165, 1.54) is 12.7 Å². The largest absolute Gasteiger partial charge is 0.397 e. The molecule has 0 aliphatic heterocycles. The van der Waals surface area contributed by atoms with Gasteiger partial charge in [-0.1, -0.05) is 43.3 Å². The van der Waals surface area contributed by atoms with Crippen LogP contribution in [-0.4, -0.2) is 12.9 Å². The molecule has 2 N–H and O–H groups in total. The van der Waals surface area contributed by atoms with Crippen LogP contribution in [0.15, 0.2) is 29.4 Å². The Kier molecular flexibility index (Phi) is 3.51.